The van der Waals surface area contributed by atoms with Crippen LogP contribution < -0.4 is 10.1 Å². The molecule has 0 fully saturated rings. The lowest BCUT2D eigenvalue weighted by molar-refractivity contribution is -0.139. The van der Waals surface area contributed by atoms with Gasteiger partial charge in [0.2, 0.25) is 17.6 Å². The summed E-state index contributed by atoms with van der Waals surface area (Å²) in [5, 5.41) is 15.6. The molecule has 32 heavy (non-hydrogen) atoms. The summed E-state index contributed by atoms with van der Waals surface area (Å²) in [6.45, 7) is 5.04. The molecule has 0 spiro atoms. The van der Waals surface area contributed by atoms with E-state index < -0.39 is 23.7 Å². The van der Waals surface area contributed by atoms with Crippen LogP contribution in [0.5, 0.6) is 11.6 Å². The van der Waals surface area contributed by atoms with Gasteiger partial charge in [0, 0.05) is 21.4 Å². The lowest BCUT2D eigenvalue weighted by Gasteiger charge is -2.21. The van der Waals surface area contributed by atoms with Crippen LogP contribution in [0.1, 0.15) is 26.7 Å². The highest BCUT2D eigenvalue weighted by atomic mass is 127. The van der Waals surface area contributed by atoms with Crippen molar-refractivity contribution < 1.29 is 28.7 Å². The first-order valence-electron chi connectivity index (χ1n) is 9.54. The standard InChI is InChI=1S/C21H21IN4O6/c1-21(2,3)31-20(29)24-15(19(27)28)10-17-25-18(26-32-17)12-5-4-6-14(9-12)30-16-8-7-13(22)11-23-16/h4-9,11,15H,10H2,1-3H3,(H,24,29)(H,27,28). The number of alkyl carbamates (subject to hydrolysis) is 1. The van der Waals surface area contributed by atoms with E-state index in [1.165, 1.54) is 0 Å². The van der Waals surface area contributed by atoms with Crippen molar-refractivity contribution in [1.82, 2.24) is 20.4 Å². The Hall–Kier alpha value is -3.22. The summed E-state index contributed by atoms with van der Waals surface area (Å²) in [6, 6.07) is 9.33. The Labute approximate surface area is 197 Å². The Morgan fingerprint density at radius 2 is 2.03 bits per heavy atom. The van der Waals surface area contributed by atoms with Crippen LogP contribution in [0, 0.1) is 3.57 Å². The number of carbonyl (C=O) groups is 2. The molecule has 2 aromatic heterocycles. The Balaban J connectivity index is 1.69. The minimum Gasteiger partial charge on any atom is -0.480 e. The van der Waals surface area contributed by atoms with E-state index in [1.54, 1.807) is 57.3 Å². The molecule has 0 bridgehead atoms. The number of pyridine rings is 1. The summed E-state index contributed by atoms with van der Waals surface area (Å²) in [4.78, 5) is 31.9. The van der Waals surface area contributed by atoms with Gasteiger partial charge in [-0.15, -0.1) is 0 Å². The Morgan fingerprint density at radius 3 is 2.69 bits per heavy atom. The van der Waals surface area contributed by atoms with Crippen molar-refractivity contribution >= 4 is 34.7 Å². The maximum absolute atomic E-state index is 11.9. The predicted octanol–water partition coefficient (Wildman–Crippen LogP) is 4.05. The second-order valence-corrected chi connectivity index (χ2v) is 8.94. The number of carboxylic acid groups (broad SMARTS) is 1. The zero-order valence-corrected chi connectivity index (χ0v) is 19.7. The highest BCUT2D eigenvalue weighted by Gasteiger charge is 2.26. The SMILES string of the molecule is CC(C)(C)OC(=O)NC(Cc1nc(-c2cccc(Oc3ccc(I)cn3)c2)no1)C(=O)O. The van der Waals surface area contributed by atoms with Crippen LogP contribution in [-0.4, -0.2) is 43.9 Å². The summed E-state index contributed by atoms with van der Waals surface area (Å²) < 4.78 is 17.0. The third-order valence-corrected chi connectivity index (χ3v) is 4.49. The van der Waals surface area contributed by atoms with Gasteiger partial charge in [0.25, 0.3) is 0 Å². The second-order valence-electron chi connectivity index (χ2n) is 7.70. The predicted molar refractivity (Wildman–Crippen MR) is 121 cm³/mol. The van der Waals surface area contributed by atoms with Crippen molar-refractivity contribution in [3.63, 3.8) is 0 Å². The Kier molecular flexibility index (Phi) is 7.28. The fraction of sp³-hybridized carbons (Fsp3) is 0.286. The van der Waals surface area contributed by atoms with Crippen LogP contribution in [-0.2, 0) is 16.0 Å². The summed E-state index contributed by atoms with van der Waals surface area (Å²) >= 11 is 2.15. The van der Waals surface area contributed by atoms with Gasteiger partial charge in [0.15, 0.2) is 0 Å². The third kappa shape index (κ3) is 6.90. The minimum absolute atomic E-state index is 0.0501. The molecule has 0 saturated carbocycles. The molecule has 11 heteroatoms. The quantitative estimate of drug-likeness (QED) is 0.416. The van der Waals surface area contributed by atoms with Gasteiger partial charge in [-0.25, -0.2) is 14.6 Å². The highest BCUT2D eigenvalue weighted by Crippen LogP contribution is 2.25. The lowest BCUT2D eigenvalue weighted by atomic mass is 10.2. The molecule has 1 atom stereocenters. The van der Waals surface area contributed by atoms with Gasteiger partial charge < -0.3 is 24.4 Å². The number of rotatable bonds is 7. The van der Waals surface area contributed by atoms with E-state index >= 15 is 0 Å². The molecule has 2 N–H and O–H groups in total. The van der Waals surface area contributed by atoms with Crippen LogP contribution in [0.25, 0.3) is 11.4 Å². The van der Waals surface area contributed by atoms with Gasteiger partial charge >= 0.3 is 12.1 Å². The zero-order valence-electron chi connectivity index (χ0n) is 17.5. The van der Waals surface area contributed by atoms with Gasteiger partial charge in [-0.05, 0) is 61.6 Å². The Morgan fingerprint density at radius 1 is 1.25 bits per heavy atom. The van der Waals surface area contributed by atoms with Crippen molar-refractivity contribution in [2.45, 2.75) is 38.8 Å². The minimum atomic E-state index is -1.29. The van der Waals surface area contributed by atoms with E-state index in [1.807, 2.05) is 6.07 Å². The first kappa shape index (κ1) is 23.4. The third-order valence-electron chi connectivity index (χ3n) is 3.85. The van der Waals surface area contributed by atoms with Crippen molar-refractivity contribution in [2.24, 2.45) is 0 Å². The topological polar surface area (TPSA) is 137 Å². The molecular weight excluding hydrogens is 531 g/mol. The summed E-state index contributed by atoms with van der Waals surface area (Å²) in [5.74, 6) is 0.0129. The van der Waals surface area contributed by atoms with Gasteiger partial charge in [0.1, 0.15) is 17.4 Å². The van der Waals surface area contributed by atoms with Crippen LogP contribution in [0.4, 0.5) is 4.79 Å². The van der Waals surface area contributed by atoms with Crippen LogP contribution in [0.15, 0.2) is 47.1 Å². The van der Waals surface area contributed by atoms with E-state index in [0.29, 0.717) is 17.2 Å². The van der Waals surface area contributed by atoms with Crippen molar-refractivity contribution in [3.05, 3.63) is 52.1 Å². The van der Waals surface area contributed by atoms with Crippen LogP contribution in [0.2, 0.25) is 0 Å². The first-order chi connectivity index (χ1) is 15.1. The molecule has 168 valence electrons. The normalized spacial score (nSPS) is 12.1. The molecule has 1 amide bonds. The molecule has 3 aromatic rings. The van der Waals surface area contributed by atoms with E-state index in [2.05, 4.69) is 43.0 Å². The van der Waals surface area contributed by atoms with Crippen molar-refractivity contribution in [2.75, 3.05) is 0 Å². The number of aromatic nitrogens is 3. The maximum atomic E-state index is 11.9. The monoisotopic (exact) mass is 552 g/mol. The first-order valence-corrected chi connectivity index (χ1v) is 10.6. The fourth-order valence-corrected chi connectivity index (χ4v) is 2.84. The molecule has 1 aromatic carbocycles. The largest absolute Gasteiger partial charge is 0.480 e. The molecule has 0 aliphatic heterocycles. The summed E-state index contributed by atoms with van der Waals surface area (Å²) in [6.07, 6.45) is 0.637. The number of hydrogen-bond acceptors (Lipinski definition) is 8. The van der Waals surface area contributed by atoms with Gasteiger partial charge in [-0.2, -0.15) is 4.98 Å². The number of benzene rings is 1. The number of carbonyl (C=O) groups excluding carboxylic acids is 1. The van der Waals surface area contributed by atoms with Crippen molar-refractivity contribution in [1.29, 1.82) is 0 Å². The second kappa shape index (κ2) is 9.94. The van der Waals surface area contributed by atoms with Crippen molar-refractivity contribution in [3.8, 4) is 23.0 Å². The van der Waals surface area contributed by atoms with Gasteiger partial charge in [0.05, 0.1) is 6.42 Å². The van der Waals surface area contributed by atoms with E-state index in [-0.39, 0.29) is 18.1 Å². The number of ether oxygens (including phenoxy) is 2. The molecule has 3 rings (SSSR count). The van der Waals surface area contributed by atoms with Crippen LogP contribution >= 0.6 is 22.6 Å². The van der Waals surface area contributed by atoms with E-state index in [4.69, 9.17) is 14.0 Å². The smallest absolute Gasteiger partial charge is 0.408 e. The molecule has 0 aliphatic carbocycles. The molecular formula is C21H21IN4O6. The zero-order chi connectivity index (χ0) is 23.3. The molecule has 1 unspecified atom stereocenters. The number of nitrogens with zero attached hydrogens (tertiary/aromatic N) is 3. The summed E-state index contributed by atoms with van der Waals surface area (Å²) in [7, 11) is 0. The molecule has 0 saturated heterocycles. The Bertz CT molecular complexity index is 1090. The number of halogens is 1. The number of nitrogens with one attached hydrogen (secondary N) is 1. The van der Waals surface area contributed by atoms with E-state index in [0.717, 1.165) is 3.57 Å². The molecule has 2 heterocycles. The van der Waals surface area contributed by atoms with E-state index in [9.17, 15) is 14.7 Å². The number of hydrogen-bond donors (Lipinski definition) is 2. The molecule has 10 nitrogen and oxygen atoms in total. The highest BCUT2D eigenvalue weighted by molar-refractivity contribution is 14.1. The average molecular weight is 552 g/mol. The van der Waals surface area contributed by atoms with Gasteiger partial charge in [-0.3, -0.25) is 0 Å². The number of amides is 1. The van der Waals surface area contributed by atoms with Gasteiger partial charge in [-0.1, -0.05) is 17.3 Å². The molecule has 0 aliphatic rings. The summed E-state index contributed by atoms with van der Waals surface area (Å²) in [5.41, 5.74) is -0.152. The lowest BCUT2D eigenvalue weighted by Crippen LogP contribution is -2.44. The fourth-order valence-electron chi connectivity index (χ4n) is 2.52. The van der Waals surface area contributed by atoms with Crippen LogP contribution in [0.3, 0.4) is 0 Å². The average Bonchev–Trinajstić information content (AvgIpc) is 3.17. The number of aliphatic carboxylic acids is 1. The maximum Gasteiger partial charge on any atom is 0.408 e. The molecule has 0 radical (unpaired) electrons. The number of carboxylic acids is 1.